The van der Waals surface area contributed by atoms with Crippen LogP contribution in [-0.2, 0) is 19.6 Å². The summed E-state index contributed by atoms with van der Waals surface area (Å²) in [5.74, 6) is -1.30. The van der Waals surface area contributed by atoms with E-state index in [0.717, 1.165) is 0 Å². The molecule has 1 atom stereocenters. The quantitative estimate of drug-likeness (QED) is 0.574. The number of esters is 1. The Hall–Kier alpha value is -3.27. The van der Waals surface area contributed by atoms with E-state index in [1.165, 1.54) is 43.5 Å². The van der Waals surface area contributed by atoms with Crippen LogP contribution in [0.1, 0.15) is 30.1 Å². The standard InChI is InChI=1S/C22H26N2O7S/c1-3-31-22(27)15-5-4-12-24(14-15)20-11-6-16(13-19(20)21(25)26)23-32(28,29)18-9-7-17(30-2)8-10-18/h6-11,13,15,23H,3-5,12,14H2,1-2H3,(H,25,26)/t15-/m0/s1. The normalized spacial score (nSPS) is 16.3. The van der Waals surface area contributed by atoms with E-state index in [0.29, 0.717) is 44.0 Å². The highest BCUT2D eigenvalue weighted by atomic mass is 32.2. The van der Waals surface area contributed by atoms with Crippen LogP contribution in [-0.4, -0.2) is 52.3 Å². The average molecular weight is 463 g/mol. The van der Waals surface area contributed by atoms with Crippen molar-refractivity contribution in [1.82, 2.24) is 0 Å². The molecule has 172 valence electrons. The number of ether oxygens (including phenoxy) is 2. The molecular weight excluding hydrogens is 436 g/mol. The molecule has 0 saturated carbocycles. The third-order valence-electron chi connectivity index (χ3n) is 5.23. The largest absolute Gasteiger partial charge is 0.497 e. The minimum absolute atomic E-state index is 0.0209. The molecule has 0 aromatic heterocycles. The number of carboxylic acids is 1. The Balaban J connectivity index is 1.84. The van der Waals surface area contributed by atoms with Gasteiger partial charge in [-0.15, -0.1) is 0 Å². The van der Waals surface area contributed by atoms with E-state index in [2.05, 4.69) is 4.72 Å². The first-order valence-electron chi connectivity index (χ1n) is 10.2. The highest BCUT2D eigenvalue weighted by molar-refractivity contribution is 7.92. The number of hydrogen-bond acceptors (Lipinski definition) is 7. The molecule has 1 saturated heterocycles. The van der Waals surface area contributed by atoms with Crippen molar-refractivity contribution in [3.63, 3.8) is 0 Å². The number of carboxylic acid groups (broad SMARTS) is 1. The zero-order valence-corrected chi connectivity index (χ0v) is 18.7. The van der Waals surface area contributed by atoms with Gasteiger partial charge in [-0.3, -0.25) is 9.52 Å². The number of nitrogens with zero attached hydrogens (tertiary/aromatic N) is 1. The second kappa shape index (κ2) is 9.90. The van der Waals surface area contributed by atoms with Crippen molar-refractivity contribution in [2.24, 2.45) is 5.92 Å². The fraction of sp³-hybridized carbons (Fsp3) is 0.364. The molecule has 3 rings (SSSR count). The highest BCUT2D eigenvalue weighted by Gasteiger charge is 2.29. The smallest absolute Gasteiger partial charge is 0.337 e. The second-order valence-electron chi connectivity index (χ2n) is 7.36. The second-order valence-corrected chi connectivity index (χ2v) is 9.04. The number of rotatable bonds is 8. The average Bonchev–Trinajstić information content (AvgIpc) is 2.79. The van der Waals surface area contributed by atoms with Gasteiger partial charge in [-0.25, -0.2) is 13.2 Å². The first kappa shape index (κ1) is 23.4. The van der Waals surface area contributed by atoms with Gasteiger partial charge in [-0.05, 0) is 62.2 Å². The lowest BCUT2D eigenvalue weighted by molar-refractivity contribution is -0.148. The molecule has 1 aliphatic heterocycles. The predicted octanol–water partition coefficient (Wildman–Crippen LogP) is 2.97. The van der Waals surface area contributed by atoms with E-state index in [9.17, 15) is 23.1 Å². The highest BCUT2D eigenvalue weighted by Crippen LogP contribution is 2.30. The molecule has 32 heavy (non-hydrogen) atoms. The number of sulfonamides is 1. The molecule has 0 amide bonds. The molecule has 0 unspecified atom stereocenters. The monoisotopic (exact) mass is 462 g/mol. The summed E-state index contributed by atoms with van der Waals surface area (Å²) in [7, 11) is -2.44. The molecule has 0 spiro atoms. The molecule has 1 fully saturated rings. The number of aromatic carboxylic acids is 1. The lowest BCUT2D eigenvalue weighted by Crippen LogP contribution is -2.40. The van der Waals surface area contributed by atoms with Crippen LogP contribution in [0.15, 0.2) is 47.4 Å². The number of nitrogens with one attached hydrogen (secondary N) is 1. The van der Waals surface area contributed by atoms with Crippen molar-refractivity contribution in [3.8, 4) is 5.75 Å². The Bertz CT molecular complexity index is 1080. The van der Waals surface area contributed by atoms with Crippen LogP contribution in [0.3, 0.4) is 0 Å². The van der Waals surface area contributed by atoms with Gasteiger partial charge in [0.1, 0.15) is 5.75 Å². The topological polar surface area (TPSA) is 122 Å². The number of benzene rings is 2. The minimum Gasteiger partial charge on any atom is -0.497 e. The van der Waals surface area contributed by atoms with E-state index in [1.54, 1.807) is 13.0 Å². The third-order valence-corrected chi connectivity index (χ3v) is 6.63. The van der Waals surface area contributed by atoms with Crippen LogP contribution < -0.4 is 14.4 Å². The molecule has 2 N–H and O–H groups in total. The van der Waals surface area contributed by atoms with E-state index in [-0.39, 0.29) is 28.0 Å². The van der Waals surface area contributed by atoms with E-state index < -0.39 is 16.0 Å². The summed E-state index contributed by atoms with van der Waals surface area (Å²) in [4.78, 5) is 25.9. The summed E-state index contributed by atoms with van der Waals surface area (Å²) in [6.45, 7) is 2.97. The van der Waals surface area contributed by atoms with Crippen molar-refractivity contribution >= 4 is 33.3 Å². The summed E-state index contributed by atoms with van der Waals surface area (Å²) in [6.07, 6.45) is 1.39. The lowest BCUT2D eigenvalue weighted by atomic mass is 9.97. The first-order valence-corrected chi connectivity index (χ1v) is 11.7. The maximum Gasteiger partial charge on any atom is 0.337 e. The van der Waals surface area contributed by atoms with E-state index in [1.807, 2.05) is 4.90 Å². The van der Waals surface area contributed by atoms with Crippen LogP contribution in [0.2, 0.25) is 0 Å². The molecule has 10 heteroatoms. The third kappa shape index (κ3) is 5.31. The molecule has 9 nitrogen and oxygen atoms in total. The summed E-state index contributed by atoms with van der Waals surface area (Å²) in [5.41, 5.74) is 0.504. The summed E-state index contributed by atoms with van der Waals surface area (Å²) >= 11 is 0. The zero-order chi connectivity index (χ0) is 23.3. The van der Waals surface area contributed by atoms with Gasteiger partial charge in [0.15, 0.2) is 0 Å². The van der Waals surface area contributed by atoms with Gasteiger partial charge in [-0.1, -0.05) is 0 Å². The SMILES string of the molecule is CCOC(=O)[C@H]1CCCN(c2ccc(NS(=O)(=O)c3ccc(OC)cc3)cc2C(=O)O)C1. The van der Waals surface area contributed by atoms with Crippen molar-refractivity contribution in [3.05, 3.63) is 48.0 Å². The van der Waals surface area contributed by atoms with Crippen molar-refractivity contribution < 1.29 is 32.6 Å². The van der Waals surface area contributed by atoms with Crippen LogP contribution in [0, 0.1) is 5.92 Å². The van der Waals surface area contributed by atoms with Gasteiger partial charge in [0, 0.05) is 18.8 Å². The fourth-order valence-corrected chi connectivity index (χ4v) is 4.71. The number of piperidine rings is 1. The van der Waals surface area contributed by atoms with E-state index in [4.69, 9.17) is 9.47 Å². The van der Waals surface area contributed by atoms with Gasteiger partial charge in [-0.2, -0.15) is 0 Å². The van der Waals surface area contributed by atoms with Gasteiger partial charge >= 0.3 is 11.9 Å². The van der Waals surface area contributed by atoms with Crippen LogP contribution in [0.5, 0.6) is 5.75 Å². The zero-order valence-electron chi connectivity index (χ0n) is 17.9. The van der Waals surface area contributed by atoms with Gasteiger partial charge < -0.3 is 19.5 Å². The molecular formula is C22H26N2O7S. The lowest BCUT2D eigenvalue weighted by Gasteiger charge is -2.34. The first-order chi connectivity index (χ1) is 15.2. The Morgan fingerprint density at radius 3 is 2.53 bits per heavy atom. The summed E-state index contributed by atoms with van der Waals surface area (Å²) in [5, 5.41) is 9.74. The minimum atomic E-state index is -3.92. The predicted molar refractivity (Wildman–Crippen MR) is 119 cm³/mol. The van der Waals surface area contributed by atoms with Crippen LogP contribution in [0.25, 0.3) is 0 Å². The summed E-state index contributed by atoms with van der Waals surface area (Å²) < 4.78 is 37.9. The van der Waals surface area contributed by atoms with Crippen LogP contribution in [0.4, 0.5) is 11.4 Å². The maximum absolute atomic E-state index is 12.7. The molecule has 1 aliphatic rings. The number of hydrogen-bond donors (Lipinski definition) is 2. The van der Waals surface area contributed by atoms with Gasteiger partial charge in [0.25, 0.3) is 10.0 Å². The number of carbonyl (C=O) groups is 2. The molecule has 2 aromatic rings. The van der Waals surface area contributed by atoms with Gasteiger partial charge in [0.05, 0.1) is 35.8 Å². The van der Waals surface area contributed by atoms with E-state index >= 15 is 0 Å². The number of carbonyl (C=O) groups excluding carboxylic acids is 1. The van der Waals surface area contributed by atoms with Crippen LogP contribution >= 0.6 is 0 Å². The molecule has 2 aromatic carbocycles. The van der Waals surface area contributed by atoms with Gasteiger partial charge in [0.2, 0.25) is 0 Å². The summed E-state index contributed by atoms with van der Waals surface area (Å²) in [6, 6.07) is 10.2. The Labute approximate surface area is 187 Å². The van der Waals surface area contributed by atoms with Crippen molar-refractivity contribution in [2.75, 3.05) is 36.4 Å². The number of methoxy groups -OCH3 is 1. The fourth-order valence-electron chi connectivity index (χ4n) is 3.66. The maximum atomic E-state index is 12.7. The van der Waals surface area contributed by atoms with Crippen molar-refractivity contribution in [2.45, 2.75) is 24.7 Å². The Morgan fingerprint density at radius 1 is 1.19 bits per heavy atom. The number of anilines is 2. The van der Waals surface area contributed by atoms with Crippen molar-refractivity contribution in [1.29, 1.82) is 0 Å². The molecule has 0 aliphatic carbocycles. The Morgan fingerprint density at radius 2 is 1.91 bits per heavy atom. The Kier molecular flexibility index (Phi) is 7.24. The molecule has 0 radical (unpaired) electrons. The molecule has 1 heterocycles. The molecule has 0 bridgehead atoms.